The summed E-state index contributed by atoms with van der Waals surface area (Å²) in [6.45, 7) is 9.86. The summed E-state index contributed by atoms with van der Waals surface area (Å²) < 4.78 is 3.27. The number of aryl methyl sites for hydroxylation is 3. The van der Waals surface area contributed by atoms with Crippen molar-refractivity contribution in [3.8, 4) is 0 Å². The number of benzene rings is 1. The van der Waals surface area contributed by atoms with E-state index in [0.717, 1.165) is 22.5 Å². The second kappa shape index (κ2) is 5.60. The molecule has 1 aromatic carbocycles. The molecule has 2 aromatic rings. The molecular weight excluding hydrogens is 358 g/mol. The Morgan fingerprint density at radius 1 is 1.36 bits per heavy atom. The number of hydrogen-bond donors (Lipinski definition) is 1. The van der Waals surface area contributed by atoms with E-state index in [1.54, 1.807) is 0 Å². The van der Waals surface area contributed by atoms with Crippen molar-refractivity contribution in [2.45, 2.75) is 37.7 Å². The third kappa shape index (κ3) is 2.81. The molecule has 1 aliphatic heterocycles. The molecule has 22 heavy (non-hydrogen) atoms. The summed E-state index contributed by atoms with van der Waals surface area (Å²) in [4.78, 5) is 0. The van der Waals surface area contributed by atoms with E-state index in [4.69, 9.17) is 0 Å². The lowest BCUT2D eigenvalue weighted by Crippen LogP contribution is -2.26. The van der Waals surface area contributed by atoms with E-state index in [-0.39, 0.29) is 4.75 Å². The number of aromatic nitrogens is 2. The molecule has 1 aromatic heterocycles. The molecule has 0 amide bonds. The first-order valence-electron chi connectivity index (χ1n) is 7.50. The SMILES string of the molecule is Cc1cc(Br)ccc1C1SC(C)(C)CNc2c1c(C)nn2C. The van der Waals surface area contributed by atoms with Crippen LogP contribution in [-0.4, -0.2) is 21.1 Å². The molecule has 118 valence electrons. The highest BCUT2D eigenvalue weighted by molar-refractivity contribution is 9.10. The largest absolute Gasteiger partial charge is 0.369 e. The minimum Gasteiger partial charge on any atom is -0.369 e. The van der Waals surface area contributed by atoms with Crippen molar-refractivity contribution < 1.29 is 0 Å². The van der Waals surface area contributed by atoms with Crippen LogP contribution in [0.4, 0.5) is 5.82 Å². The average Bonchev–Trinajstić information content (AvgIpc) is 2.59. The Morgan fingerprint density at radius 2 is 2.09 bits per heavy atom. The van der Waals surface area contributed by atoms with Crippen LogP contribution >= 0.6 is 27.7 Å². The van der Waals surface area contributed by atoms with Gasteiger partial charge in [0, 0.05) is 28.4 Å². The molecule has 0 spiro atoms. The maximum atomic E-state index is 4.64. The maximum Gasteiger partial charge on any atom is 0.128 e. The van der Waals surface area contributed by atoms with Crippen molar-refractivity contribution in [1.29, 1.82) is 0 Å². The molecule has 0 aliphatic carbocycles. The van der Waals surface area contributed by atoms with Gasteiger partial charge >= 0.3 is 0 Å². The lowest BCUT2D eigenvalue weighted by atomic mass is 10.00. The highest BCUT2D eigenvalue weighted by Gasteiger charge is 2.35. The number of anilines is 1. The van der Waals surface area contributed by atoms with Crippen LogP contribution in [0.5, 0.6) is 0 Å². The van der Waals surface area contributed by atoms with Gasteiger partial charge in [0.05, 0.1) is 10.9 Å². The predicted molar refractivity (Wildman–Crippen MR) is 98.8 cm³/mol. The average molecular weight is 380 g/mol. The summed E-state index contributed by atoms with van der Waals surface area (Å²) >= 11 is 5.59. The van der Waals surface area contributed by atoms with Crippen molar-refractivity contribution >= 4 is 33.5 Å². The lowest BCUT2D eigenvalue weighted by molar-refractivity contribution is 0.721. The van der Waals surface area contributed by atoms with Crippen molar-refractivity contribution in [1.82, 2.24) is 9.78 Å². The van der Waals surface area contributed by atoms with Crippen molar-refractivity contribution in [3.63, 3.8) is 0 Å². The Labute approximate surface area is 145 Å². The van der Waals surface area contributed by atoms with Crippen LogP contribution in [0.1, 0.15) is 41.5 Å². The minimum absolute atomic E-state index is 0.162. The maximum absolute atomic E-state index is 4.64. The van der Waals surface area contributed by atoms with Crippen molar-refractivity contribution in [3.05, 3.63) is 45.1 Å². The monoisotopic (exact) mass is 379 g/mol. The Kier molecular flexibility index (Phi) is 4.06. The Balaban J connectivity index is 2.19. The van der Waals surface area contributed by atoms with E-state index in [2.05, 4.69) is 72.2 Å². The van der Waals surface area contributed by atoms with Crippen molar-refractivity contribution in [2.24, 2.45) is 7.05 Å². The van der Waals surface area contributed by atoms with E-state index >= 15 is 0 Å². The van der Waals surface area contributed by atoms with Gasteiger partial charge in [0.25, 0.3) is 0 Å². The second-order valence-corrected chi connectivity index (χ2v) is 9.31. The first-order valence-corrected chi connectivity index (χ1v) is 9.17. The van der Waals surface area contributed by atoms with E-state index in [1.807, 2.05) is 23.5 Å². The molecule has 1 unspecified atom stereocenters. The molecule has 1 atom stereocenters. The molecule has 3 rings (SSSR count). The molecule has 0 bridgehead atoms. The van der Waals surface area contributed by atoms with Gasteiger partial charge in [-0.25, -0.2) is 0 Å². The summed E-state index contributed by atoms with van der Waals surface area (Å²) in [7, 11) is 2.02. The lowest BCUT2D eigenvalue weighted by Gasteiger charge is -2.27. The molecule has 0 saturated heterocycles. The zero-order valence-corrected chi connectivity index (χ0v) is 16.1. The summed E-state index contributed by atoms with van der Waals surface area (Å²) in [5, 5.41) is 8.55. The van der Waals surface area contributed by atoms with Crippen LogP contribution in [0.2, 0.25) is 0 Å². The van der Waals surface area contributed by atoms with Gasteiger partial charge in [-0.3, -0.25) is 4.68 Å². The van der Waals surface area contributed by atoms with Crippen molar-refractivity contribution in [2.75, 3.05) is 11.9 Å². The number of fused-ring (bicyclic) bond motifs is 1. The molecule has 3 nitrogen and oxygen atoms in total. The fraction of sp³-hybridized carbons (Fsp3) is 0.471. The number of thioether (sulfide) groups is 1. The zero-order valence-electron chi connectivity index (χ0n) is 13.7. The van der Waals surface area contributed by atoms with Crippen LogP contribution in [0, 0.1) is 13.8 Å². The Hall–Kier alpha value is -0.940. The van der Waals surface area contributed by atoms with E-state index in [9.17, 15) is 0 Å². The Bertz CT molecular complexity index is 721. The number of nitrogens with zero attached hydrogens (tertiary/aromatic N) is 2. The standard InChI is InChI=1S/C17H22BrN3S/c1-10-8-12(18)6-7-13(10)15-14-11(2)20-21(5)16(14)19-9-17(3,4)22-15/h6-8,15,19H,9H2,1-5H3. The molecule has 1 N–H and O–H groups in total. The van der Waals surface area contributed by atoms with Gasteiger partial charge in [-0.15, -0.1) is 11.8 Å². The Morgan fingerprint density at radius 3 is 2.77 bits per heavy atom. The summed E-state index contributed by atoms with van der Waals surface area (Å²) in [5.74, 6) is 1.16. The fourth-order valence-corrected chi connectivity index (χ4v) is 5.13. The van der Waals surface area contributed by atoms with Crippen LogP contribution in [0.25, 0.3) is 0 Å². The zero-order chi connectivity index (χ0) is 16.1. The second-order valence-electron chi connectivity index (χ2n) is 6.58. The molecular formula is C17H22BrN3S. The topological polar surface area (TPSA) is 29.9 Å². The predicted octanol–water partition coefficient (Wildman–Crippen LogP) is 4.83. The number of rotatable bonds is 1. The van der Waals surface area contributed by atoms with Gasteiger partial charge in [0.15, 0.2) is 0 Å². The summed E-state index contributed by atoms with van der Waals surface area (Å²) in [5.41, 5.74) is 5.13. The molecule has 0 fully saturated rings. The summed E-state index contributed by atoms with van der Waals surface area (Å²) in [6.07, 6.45) is 0. The quantitative estimate of drug-likeness (QED) is 0.769. The highest BCUT2D eigenvalue weighted by atomic mass is 79.9. The third-order valence-corrected chi connectivity index (χ3v) is 6.16. The highest BCUT2D eigenvalue weighted by Crippen LogP contribution is 2.49. The van der Waals surface area contributed by atoms with Crippen LogP contribution < -0.4 is 5.32 Å². The normalized spacial score (nSPS) is 20.2. The van der Waals surface area contributed by atoms with E-state index < -0.39 is 0 Å². The molecule has 0 saturated carbocycles. The van der Waals surface area contributed by atoms with Gasteiger partial charge in [0.2, 0.25) is 0 Å². The number of hydrogen-bond acceptors (Lipinski definition) is 3. The van der Waals surface area contributed by atoms with Crippen LogP contribution in [0.3, 0.4) is 0 Å². The number of nitrogens with one attached hydrogen (secondary N) is 1. The van der Waals surface area contributed by atoms with Gasteiger partial charge < -0.3 is 5.32 Å². The molecule has 1 aliphatic rings. The molecule has 5 heteroatoms. The van der Waals surface area contributed by atoms with Gasteiger partial charge in [-0.1, -0.05) is 22.0 Å². The first kappa shape index (κ1) is 15.9. The van der Waals surface area contributed by atoms with E-state index in [1.165, 1.54) is 16.7 Å². The smallest absolute Gasteiger partial charge is 0.128 e. The van der Waals surface area contributed by atoms with E-state index in [0.29, 0.717) is 5.25 Å². The number of halogens is 1. The fourth-order valence-electron chi connectivity index (χ4n) is 3.07. The molecule has 0 radical (unpaired) electrons. The van der Waals surface area contributed by atoms with Gasteiger partial charge in [-0.05, 0) is 51.0 Å². The molecule has 2 heterocycles. The minimum atomic E-state index is 0.162. The van der Waals surface area contributed by atoms with Crippen LogP contribution in [0.15, 0.2) is 22.7 Å². The summed E-state index contributed by atoms with van der Waals surface area (Å²) in [6, 6.07) is 6.58. The van der Waals surface area contributed by atoms with Gasteiger partial charge in [0.1, 0.15) is 5.82 Å². The third-order valence-electron chi connectivity index (χ3n) is 4.16. The first-order chi connectivity index (χ1) is 10.3. The van der Waals surface area contributed by atoms with Gasteiger partial charge in [-0.2, -0.15) is 5.10 Å². The van der Waals surface area contributed by atoms with Crippen LogP contribution in [-0.2, 0) is 7.05 Å².